The molecule has 1 aliphatic rings. The molecule has 1 fully saturated rings. The second-order valence-corrected chi connectivity index (χ2v) is 5.31. The number of aliphatic carboxylic acids is 1. The summed E-state index contributed by atoms with van der Waals surface area (Å²) in [7, 11) is 1.72. The minimum Gasteiger partial charge on any atom is -0.481 e. The molecule has 3 rings (SSSR count). The number of hydrogen-bond donors (Lipinski definition) is 2. The van der Waals surface area contributed by atoms with Crippen LogP contribution in [0.15, 0.2) is 23.0 Å². The normalized spacial score (nSPS) is 16.7. The number of fused-ring (bicyclic) bond motifs is 1. The molecule has 1 atom stereocenters. The Balaban J connectivity index is 2.03. The van der Waals surface area contributed by atoms with Gasteiger partial charge in [-0.05, 0) is 42.4 Å². The third-order valence-corrected chi connectivity index (χ3v) is 3.94. The number of aryl methyl sites for hydroxylation is 1. The average Bonchev–Trinajstić information content (AvgIpc) is 3.15. The van der Waals surface area contributed by atoms with E-state index in [9.17, 15) is 9.59 Å². The fourth-order valence-electron chi connectivity index (χ4n) is 2.73. The van der Waals surface area contributed by atoms with Gasteiger partial charge in [-0.25, -0.2) is 4.79 Å². The van der Waals surface area contributed by atoms with Crippen molar-refractivity contribution in [3.05, 3.63) is 34.2 Å². The van der Waals surface area contributed by atoms with Gasteiger partial charge in [-0.1, -0.05) is 6.07 Å². The summed E-state index contributed by atoms with van der Waals surface area (Å²) in [5.74, 6) is -0.229. The maximum absolute atomic E-state index is 11.6. The summed E-state index contributed by atoms with van der Waals surface area (Å²) in [4.78, 5) is 25.3. The summed E-state index contributed by atoms with van der Waals surface area (Å²) in [6.45, 7) is 0. The van der Waals surface area contributed by atoms with Crippen molar-refractivity contribution in [3.8, 4) is 0 Å². The summed E-state index contributed by atoms with van der Waals surface area (Å²) in [6, 6.07) is 5.75. The average molecular weight is 260 g/mol. The van der Waals surface area contributed by atoms with Crippen LogP contribution in [0.25, 0.3) is 11.0 Å². The largest absolute Gasteiger partial charge is 0.481 e. The van der Waals surface area contributed by atoms with Crippen LogP contribution in [0.1, 0.15) is 30.7 Å². The first-order valence-corrected chi connectivity index (χ1v) is 6.46. The lowest BCUT2D eigenvalue weighted by atomic mass is 9.91. The lowest BCUT2D eigenvalue weighted by molar-refractivity contribution is -0.137. The van der Waals surface area contributed by atoms with Crippen LogP contribution in [-0.2, 0) is 11.8 Å². The van der Waals surface area contributed by atoms with Crippen LogP contribution in [0.3, 0.4) is 0 Å². The van der Waals surface area contributed by atoms with Crippen LogP contribution in [0.5, 0.6) is 0 Å². The molecule has 19 heavy (non-hydrogen) atoms. The first-order chi connectivity index (χ1) is 9.06. The molecule has 1 saturated carbocycles. The maximum Gasteiger partial charge on any atom is 0.326 e. The molecule has 2 aromatic rings. The van der Waals surface area contributed by atoms with Crippen molar-refractivity contribution in [1.82, 2.24) is 9.55 Å². The monoisotopic (exact) mass is 260 g/mol. The lowest BCUT2D eigenvalue weighted by Gasteiger charge is -2.14. The van der Waals surface area contributed by atoms with E-state index in [2.05, 4.69) is 4.98 Å². The summed E-state index contributed by atoms with van der Waals surface area (Å²) in [6.07, 6.45) is 2.36. The second-order valence-electron chi connectivity index (χ2n) is 5.31. The highest BCUT2D eigenvalue weighted by Crippen LogP contribution is 2.44. The zero-order valence-electron chi connectivity index (χ0n) is 10.7. The highest BCUT2D eigenvalue weighted by molar-refractivity contribution is 5.76. The smallest absolute Gasteiger partial charge is 0.326 e. The number of aromatic nitrogens is 2. The van der Waals surface area contributed by atoms with Gasteiger partial charge in [0, 0.05) is 7.05 Å². The molecule has 100 valence electrons. The topological polar surface area (TPSA) is 75.1 Å². The standard InChI is InChI=1S/C14H16N2O3/c1-16-12-5-4-9(6-11(12)15-14(16)19)10(7-13(17)18)8-2-3-8/h4-6,8,10H,2-3,7H2,1H3,(H,15,19)(H,17,18). The van der Waals surface area contributed by atoms with Gasteiger partial charge in [-0.3, -0.25) is 9.36 Å². The molecule has 1 aliphatic carbocycles. The highest BCUT2D eigenvalue weighted by Gasteiger charge is 2.33. The molecular weight excluding hydrogens is 244 g/mol. The predicted octanol–water partition coefficient (Wildman–Crippen LogP) is 1.83. The number of H-pyrrole nitrogens is 1. The van der Waals surface area contributed by atoms with Crippen LogP contribution < -0.4 is 5.69 Å². The van der Waals surface area contributed by atoms with Gasteiger partial charge in [-0.15, -0.1) is 0 Å². The van der Waals surface area contributed by atoms with Crippen molar-refractivity contribution >= 4 is 17.0 Å². The molecule has 2 N–H and O–H groups in total. The van der Waals surface area contributed by atoms with Crippen LogP contribution in [0.4, 0.5) is 0 Å². The van der Waals surface area contributed by atoms with Crippen molar-refractivity contribution in [2.24, 2.45) is 13.0 Å². The van der Waals surface area contributed by atoms with Gasteiger partial charge in [0.05, 0.1) is 17.5 Å². The minimum atomic E-state index is -0.765. The molecule has 0 amide bonds. The van der Waals surface area contributed by atoms with Gasteiger partial charge in [0.25, 0.3) is 0 Å². The van der Waals surface area contributed by atoms with Crippen molar-refractivity contribution in [2.75, 3.05) is 0 Å². The zero-order chi connectivity index (χ0) is 13.6. The fourth-order valence-corrected chi connectivity index (χ4v) is 2.73. The van der Waals surface area contributed by atoms with Crippen molar-refractivity contribution in [1.29, 1.82) is 0 Å². The Morgan fingerprint density at radius 3 is 2.89 bits per heavy atom. The number of nitrogens with one attached hydrogen (secondary N) is 1. The molecule has 0 saturated heterocycles. The summed E-state index contributed by atoms with van der Waals surface area (Å²) in [5.41, 5.74) is 2.49. The Hall–Kier alpha value is -2.04. The van der Waals surface area contributed by atoms with Crippen LogP contribution in [0.2, 0.25) is 0 Å². The van der Waals surface area contributed by atoms with E-state index in [4.69, 9.17) is 5.11 Å². The van der Waals surface area contributed by atoms with Gasteiger partial charge >= 0.3 is 11.7 Å². The molecule has 1 aromatic heterocycles. The van der Waals surface area contributed by atoms with E-state index in [-0.39, 0.29) is 18.0 Å². The molecule has 1 heterocycles. The van der Waals surface area contributed by atoms with Crippen LogP contribution in [-0.4, -0.2) is 20.6 Å². The first-order valence-electron chi connectivity index (χ1n) is 6.46. The molecule has 0 bridgehead atoms. The summed E-state index contributed by atoms with van der Waals surface area (Å²) in [5, 5.41) is 9.02. The number of nitrogens with zero attached hydrogens (tertiary/aromatic N) is 1. The Labute approximate surface area is 109 Å². The quantitative estimate of drug-likeness (QED) is 0.880. The van der Waals surface area contributed by atoms with E-state index in [1.165, 1.54) is 0 Å². The summed E-state index contributed by atoms with van der Waals surface area (Å²) >= 11 is 0. The molecule has 1 aromatic carbocycles. The number of benzene rings is 1. The molecule has 1 unspecified atom stereocenters. The summed E-state index contributed by atoms with van der Waals surface area (Å²) < 4.78 is 1.56. The predicted molar refractivity (Wildman–Crippen MR) is 71.3 cm³/mol. The van der Waals surface area contributed by atoms with E-state index < -0.39 is 5.97 Å². The van der Waals surface area contributed by atoms with E-state index in [1.54, 1.807) is 11.6 Å². The third-order valence-electron chi connectivity index (χ3n) is 3.94. The molecule has 0 aliphatic heterocycles. The molecule has 5 nitrogen and oxygen atoms in total. The van der Waals surface area contributed by atoms with Gasteiger partial charge < -0.3 is 10.1 Å². The van der Waals surface area contributed by atoms with E-state index in [1.807, 2.05) is 18.2 Å². The Bertz CT molecular complexity index is 694. The Kier molecular flexibility index (Phi) is 2.69. The van der Waals surface area contributed by atoms with Gasteiger partial charge in [0.15, 0.2) is 0 Å². The van der Waals surface area contributed by atoms with E-state index in [0.717, 1.165) is 29.4 Å². The van der Waals surface area contributed by atoms with Gasteiger partial charge in [0.2, 0.25) is 0 Å². The number of carbonyl (C=O) groups is 1. The van der Waals surface area contributed by atoms with Crippen molar-refractivity contribution < 1.29 is 9.90 Å². The van der Waals surface area contributed by atoms with Crippen LogP contribution in [0, 0.1) is 5.92 Å². The zero-order valence-corrected chi connectivity index (χ0v) is 10.7. The second kappa shape index (κ2) is 4.26. The number of imidazole rings is 1. The Morgan fingerprint density at radius 1 is 1.53 bits per heavy atom. The van der Waals surface area contributed by atoms with Crippen LogP contribution >= 0.6 is 0 Å². The van der Waals surface area contributed by atoms with Gasteiger partial charge in [0.1, 0.15) is 0 Å². The highest BCUT2D eigenvalue weighted by atomic mass is 16.4. The SMILES string of the molecule is Cn1c(=O)[nH]c2cc(C(CC(=O)O)C3CC3)ccc21. The number of carboxylic acids is 1. The Morgan fingerprint density at radius 2 is 2.26 bits per heavy atom. The van der Waals surface area contributed by atoms with Crippen molar-refractivity contribution in [2.45, 2.75) is 25.2 Å². The molecule has 0 radical (unpaired) electrons. The van der Waals surface area contributed by atoms with Gasteiger partial charge in [-0.2, -0.15) is 0 Å². The lowest BCUT2D eigenvalue weighted by Crippen LogP contribution is -2.11. The molecular formula is C14H16N2O3. The fraction of sp³-hybridized carbons (Fsp3) is 0.429. The van der Waals surface area contributed by atoms with E-state index >= 15 is 0 Å². The number of aromatic amines is 1. The molecule has 5 heteroatoms. The number of rotatable bonds is 4. The molecule has 0 spiro atoms. The number of hydrogen-bond acceptors (Lipinski definition) is 2. The third kappa shape index (κ3) is 2.16. The number of carboxylic acid groups (broad SMARTS) is 1. The first kappa shape index (κ1) is 12.0. The minimum absolute atomic E-state index is 0.0607. The van der Waals surface area contributed by atoms with Crippen molar-refractivity contribution in [3.63, 3.8) is 0 Å². The van der Waals surface area contributed by atoms with E-state index in [0.29, 0.717) is 5.92 Å². The maximum atomic E-state index is 11.6.